The molecule has 0 atom stereocenters. The van der Waals surface area contributed by atoms with Crippen molar-refractivity contribution in [3.05, 3.63) is 113 Å². The van der Waals surface area contributed by atoms with Crippen molar-refractivity contribution in [1.82, 2.24) is 15.0 Å². The first-order valence-corrected chi connectivity index (χ1v) is 18.6. The number of nitrogens with one attached hydrogen (secondary N) is 3. The van der Waals surface area contributed by atoms with Crippen LogP contribution in [0.3, 0.4) is 0 Å². The van der Waals surface area contributed by atoms with Gasteiger partial charge in [0.25, 0.3) is 36.4 Å². The first-order chi connectivity index (χ1) is 25.3. The van der Waals surface area contributed by atoms with Crippen LogP contribution in [0.4, 0.5) is 27.1 Å². The molecule has 5 rings (SSSR count). The van der Waals surface area contributed by atoms with Gasteiger partial charge in [-0.25, -0.2) is 14.8 Å². The number of nitrogens with zero attached hydrogens (tertiary/aromatic N) is 6. The van der Waals surface area contributed by atoms with Gasteiger partial charge in [-0.1, -0.05) is 42.1 Å². The molecule has 0 fully saturated rings. The maximum absolute atomic E-state index is 14.5. The highest BCUT2D eigenvalue weighted by molar-refractivity contribution is 7.86. The van der Waals surface area contributed by atoms with Crippen molar-refractivity contribution in [3.8, 4) is 5.75 Å². The van der Waals surface area contributed by atoms with Gasteiger partial charge < -0.3 is 10.2 Å². The minimum Gasteiger partial charge on any atom is -0.870 e. The number of halogens is 1. The number of aromatic amines is 2. The summed E-state index contributed by atoms with van der Waals surface area (Å²) in [7, 11) is -14.5. The van der Waals surface area contributed by atoms with Gasteiger partial charge in [0, 0.05) is 5.56 Å². The van der Waals surface area contributed by atoms with Crippen LogP contribution in [0, 0.1) is 6.08 Å². The Bertz CT molecular complexity index is 2840. The molecule has 1 aromatic heterocycles. The third kappa shape index (κ3) is 9.67. The second kappa shape index (κ2) is 15.2. The van der Waals surface area contributed by atoms with Crippen LogP contribution >= 0.6 is 0 Å². The van der Waals surface area contributed by atoms with E-state index in [2.05, 4.69) is 40.7 Å². The van der Waals surface area contributed by atoms with Crippen LogP contribution in [-0.4, -0.2) is 70.8 Å². The Kier molecular flexibility index (Phi) is 10.9. The van der Waals surface area contributed by atoms with Crippen molar-refractivity contribution >= 4 is 64.9 Å². The summed E-state index contributed by atoms with van der Waals surface area (Å²) < 4.78 is 114. The zero-order chi connectivity index (χ0) is 39.4. The summed E-state index contributed by atoms with van der Waals surface area (Å²) in [5.41, 5.74) is -1.26. The molecule has 4 aromatic carbocycles. The Morgan fingerprint density at radius 3 is 2.06 bits per heavy atom. The zero-order valence-electron chi connectivity index (χ0n) is 26.4. The number of carbonyl (C=O) groups is 1. The number of carboxylic acid groups (broad SMARTS) is 1. The molecule has 0 unspecified atom stereocenters. The lowest BCUT2D eigenvalue weighted by molar-refractivity contribution is -0.266. The summed E-state index contributed by atoms with van der Waals surface area (Å²) >= 11 is 0. The third-order valence-electron chi connectivity index (χ3n) is 6.64. The van der Waals surface area contributed by atoms with Crippen LogP contribution in [0.5, 0.6) is 5.75 Å². The normalized spacial score (nSPS) is 13.4. The van der Waals surface area contributed by atoms with Crippen LogP contribution in [0.15, 0.2) is 125 Å². The van der Waals surface area contributed by atoms with E-state index in [4.69, 9.17) is 0 Å². The molecule has 0 bridgehead atoms. The number of hydrogen-bond donors (Lipinski definition) is 7. The van der Waals surface area contributed by atoms with Gasteiger partial charge in [-0.2, -0.15) is 39.7 Å². The zero-order valence-corrected chi connectivity index (χ0v) is 28.9. The van der Waals surface area contributed by atoms with E-state index in [9.17, 15) is 58.3 Å². The lowest BCUT2D eigenvalue weighted by Crippen LogP contribution is -2.28. The number of amidine groups is 1. The van der Waals surface area contributed by atoms with E-state index in [-0.39, 0.29) is 17.1 Å². The Labute approximate surface area is 302 Å². The monoisotopic (exact) mass is 802 g/mol. The molecule has 25 heteroatoms. The van der Waals surface area contributed by atoms with Crippen molar-refractivity contribution in [3.63, 3.8) is 0 Å². The second-order valence-electron chi connectivity index (χ2n) is 10.4. The topological polar surface area (TPSA) is 342 Å². The van der Waals surface area contributed by atoms with Crippen molar-refractivity contribution in [2.45, 2.75) is 14.7 Å². The molecule has 7 N–H and O–H groups in total. The largest absolute Gasteiger partial charge is 0.870 e. The van der Waals surface area contributed by atoms with Crippen LogP contribution in [0.25, 0.3) is 0 Å². The number of rotatable bonds is 10. The molecule has 21 nitrogen and oxygen atoms in total. The van der Waals surface area contributed by atoms with Crippen LogP contribution in [0.2, 0.25) is 0 Å². The Hall–Kier alpha value is -6.51. The lowest BCUT2D eigenvalue weighted by Gasteiger charge is -2.17. The number of carboxylic acids is 1. The number of aromatic carboxylic acids is 1. The van der Waals surface area contributed by atoms with Gasteiger partial charge in [0.2, 0.25) is 17.1 Å². The van der Waals surface area contributed by atoms with E-state index < -0.39 is 96.7 Å². The highest BCUT2D eigenvalue weighted by atomic mass is 32.2. The molecule has 0 radical (unpaired) electrons. The standard InChI is InChI=1S/C29H22FN9O12S3/c30-27-33-28(31-16-7-4-8-17(11-16)52(43,44)45)35-29(34-27)32-22-13-19(54(49,50)51)14-23(24(22)40)37-39-25(15-5-2-1-3-6-15)38-36-21-12-18(53(46,47)48)9-10-20(21)26(41)42/h1-14,37,40H,(H,41,42)(H,43,44,45)(H,46,47,48)(H,49,50,51)(H2,31,32,33,34,35)/p-1/b38-36?,39-25+. The van der Waals surface area contributed by atoms with Crippen LogP contribution < -0.4 is 21.8 Å². The smallest absolute Gasteiger partial charge is 0.337 e. The van der Waals surface area contributed by atoms with Crippen LogP contribution in [0.1, 0.15) is 15.9 Å². The van der Waals surface area contributed by atoms with E-state index >= 15 is 0 Å². The van der Waals surface area contributed by atoms with Crippen molar-refractivity contribution in [2.75, 3.05) is 5.43 Å². The predicted octanol–water partition coefficient (Wildman–Crippen LogP) is 2.41. The molecule has 5 aromatic rings. The summed E-state index contributed by atoms with van der Waals surface area (Å²) in [6, 6.07) is 15.8. The predicted molar refractivity (Wildman–Crippen MR) is 180 cm³/mol. The Morgan fingerprint density at radius 1 is 0.759 bits per heavy atom. The van der Waals surface area contributed by atoms with E-state index in [0.717, 1.165) is 30.3 Å². The maximum atomic E-state index is 14.5. The molecular formula is C29H21FN9O12S3-. The molecule has 1 heterocycles. The molecule has 0 aliphatic heterocycles. The average Bonchev–Trinajstić information content (AvgIpc) is 3.08. The number of aromatic nitrogens is 3. The maximum Gasteiger partial charge on any atom is 0.337 e. The van der Waals surface area contributed by atoms with Gasteiger partial charge in [-0.15, -0.1) is 10.2 Å². The first kappa shape index (κ1) is 38.7. The molecule has 0 aliphatic rings. The third-order valence-corrected chi connectivity index (χ3v) is 9.17. The quantitative estimate of drug-likeness (QED) is 0.0351. The fourth-order valence-electron chi connectivity index (χ4n) is 4.23. The number of hydrogen-bond acceptors (Lipinski definition) is 14. The van der Waals surface area contributed by atoms with Crippen molar-refractivity contribution < 1.29 is 58.3 Å². The van der Waals surface area contributed by atoms with Crippen LogP contribution in [-0.2, 0) is 30.4 Å². The summed E-state index contributed by atoms with van der Waals surface area (Å²) in [6.07, 6.45) is -1.33. The molecule has 0 amide bonds. The van der Waals surface area contributed by atoms with Gasteiger partial charge >= 0.3 is 5.97 Å². The number of benzene rings is 4. The Balaban J connectivity index is 1.62. The number of azo groups is 1. The minimum atomic E-state index is -5.05. The number of hydrazone groups is 1. The van der Waals surface area contributed by atoms with Gasteiger partial charge in [-0.05, 0) is 48.5 Å². The average molecular weight is 803 g/mol. The molecule has 280 valence electrons. The van der Waals surface area contributed by atoms with E-state index in [1.54, 1.807) is 6.07 Å². The van der Waals surface area contributed by atoms with Gasteiger partial charge in [0.15, 0.2) is 0 Å². The highest BCUT2D eigenvalue weighted by Crippen LogP contribution is 2.35. The molecular weight excluding hydrogens is 782 g/mol. The van der Waals surface area contributed by atoms with Crippen molar-refractivity contribution in [1.29, 1.82) is 0 Å². The van der Waals surface area contributed by atoms with Crippen molar-refractivity contribution in [2.24, 2.45) is 25.3 Å². The summed E-state index contributed by atoms with van der Waals surface area (Å²) in [4.78, 5) is 25.3. The summed E-state index contributed by atoms with van der Waals surface area (Å²) in [6.45, 7) is 0. The molecule has 54 heavy (non-hydrogen) atoms. The van der Waals surface area contributed by atoms with E-state index in [0.29, 0.717) is 12.1 Å². The van der Waals surface area contributed by atoms with E-state index in [1.165, 1.54) is 36.4 Å². The Morgan fingerprint density at radius 2 is 1.41 bits per heavy atom. The number of H-pyrrole nitrogens is 2. The molecule has 0 saturated carbocycles. The molecule has 0 spiro atoms. The van der Waals surface area contributed by atoms with Gasteiger partial charge in [-0.3, -0.25) is 29.1 Å². The number of anilines is 1. The first-order valence-electron chi connectivity index (χ1n) is 14.3. The summed E-state index contributed by atoms with van der Waals surface area (Å²) in [5, 5.41) is 34.6. The fraction of sp³-hybridized carbons (Fsp3) is 0. The van der Waals surface area contributed by atoms with Gasteiger partial charge in [0.1, 0.15) is 5.69 Å². The highest BCUT2D eigenvalue weighted by Gasteiger charge is 2.18. The summed E-state index contributed by atoms with van der Waals surface area (Å²) in [5.74, 6) is -3.02. The lowest BCUT2D eigenvalue weighted by atomic mass is 10.2. The SMILES string of the molecule is O=C(O)c1ccc(S(=O)(=O)O)cc1N=N/C(=N/Nc1cc(S(=O)(=O)O)cc(N=c2[nH]c(F)nc(=Nc3cccc(S(=O)(=O)O)c3)[nH]2)c1[O-])c1ccccc1. The molecule has 0 saturated heterocycles. The van der Waals surface area contributed by atoms with E-state index in [1.807, 2.05) is 4.98 Å². The molecule has 0 aliphatic carbocycles. The fourth-order valence-corrected chi connectivity index (χ4v) is 5.78. The minimum absolute atomic E-state index is 0.121. The van der Waals surface area contributed by atoms with Gasteiger partial charge in [0.05, 0.1) is 37.3 Å². The second-order valence-corrected chi connectivity index (χ2v) is 14.7.